The molecule has 0 aliphatic carbocycles. The highest BCUT2D eigenvalue weighted by molar-refractivity contribution is 7.10. The Morgan fingerprint density at radius 1 is 1.71 bits per heavy atom. The third-order valence-electron chi connectivity index (χ3n) is 1.97. The Balaban J connectivity index is 2.61. The lowest BCUT2D eigenvalue weighted by Gasteiger charge is -2.16. The third-order valence-corrected chi connectivity index (χ3v) is 3.16. The van der Waals surface area contributed by atoms with Gasteiger partial charge in [0, 0.05) is 4.88 Å². The van der Waals surface area contributed by atoms with Gasteiger partial charge in [0.25, 0.3) is 0 Å². The fraction of sp³-hybridized carbons (Fsp3) is 0.500. The van der Waals surface area contributed by atoms with Crippen LogP contribution in [0.25, 0.3) is 0 Å². The predicted octanol–water partition coefficient (Wildman–Crippen LogP) is 2.94. The van der Waals surface area contributed by atoms with E-state index < -0.39 is 5.38 Å². The summed E-state index contributed by atoms with van der Waals surface area (Å²) in [6.07, 6.45) is 0.885. The van der Waals surface area contributed by atoms with E-state index in [1.807, 2.05) is 24.4 Å². The van der Waals surface area contributed by atoms with Crippen molar-refractivity contribution < 1.29 is 4.79 Å². The Kier molecular flexibility index (Phi) is 4.42. The lowest BCUT2D eigenvalue weighted by molar-refractivity contribution is -0.121. The van der Waals surface area contributed by atoms with Crippen LogP contribution in [0.3, 0.4) is 0 Å². The molecule has 1 N–H and O–H groups in total. The van der Waals surface area contributed by atoms with Gasteiger partial charge in [0.05, 0.1) is 6.04 Å². The molecule has 78 valence electrons. The van der Waals surface area contributed by atoms with Crippen LogP contribution in [-0.4, -0.2) is 11.3 Å². The van der Waals surface area contributed by atoms with Crippen molar-refractivity contribution in [1.29, 1.82) is 0 Å². The summed E-state index contributed by atoms with van der Waals surface area (Å²) >= 11 is 7.33. The van der Waals surface area contributed by atoms with Gasteiger partial charge in [-0.3, -0.25) is 4.79 Å². The quantitative estimate of drug-likeness (QED) is 0.794. The summed E-state index contributed by atoms with van der Waals surface area (Å²) in [5.74, 6) is -0.105. The van der Waals surface area contributed by atoms with E-state index in [0.29, 0.717) is 0 Å². The van der Waals surface area contributed by atoms with Gasteiger partial charge in [0.15, 0.2) is 0 Å². The minimum Gasteiger partial charge on any atom is -0.347 e. The topological polar surface area (TPSA) is 29.1 Å². The second-order valence-electron chi connectivity index (χ2n) is 3.10. The highest BCUT2D eigenvalue weighted by Gasteiger charge is 2.16. The highest BCUT2D eigenvalue weighted by Crippen LogP contribution is 2.21. The molecule has 0 fully saturated rings. The van der Waals surface area contributed by atoms with Crippen molar-refractivity contribution >= 4 is 28.8 Å². The van der Waals surface area contributed by atoms with Gasteiger partial charge in [-0.2, -0.15) is 0 Å². The Hall–Kier alpha value is -0.540. The largest absolute Gasteiger partial charge is 0.347 e. The zero-order chi connectivity index (χ0) is 10.6. The summed E-state index contributed by atoms with van der Waals surface area (Å²) in [6, 6.07) is 4.11. The molecular weight excluding hydrogens is 218 g/mol. The molecule has 1 amide bonds. The van der Waals surface area contributed by atoms with Crippen molar-refractivity contribution in [2.24, 2.45) is 0 Å². The molecule has 0 aromatic carbocycles. The molecule has 1 rings (SSSR count). The predicted molar refractivity (Wildman–Crippen MR) is 60.8 cm³/mol. The number of carbonyl (C=O) groups excluding carboxylic acids is 1. The number of halogens is 1. The Bertz CT molecular complexity index is 284. The van der Waals surface area contributed by atoms with Crippen LogP contribution < -0.4 is 5.32 Å². The number of hydrogen-bond acceptors (Lipinski definition) is 2. The van der Waals surface area contributed by atoms with Crippen LogP contribution >= 0.6 is 22.9 Å². The van der Waals surface area contributed by atoms with Gasteiger partial charge in [-0.1, -0.05) is 13.0 Å². The molecule has 2 nitrogen and oxygen atoms in total. The molecule has 2 unspecified atom stereocenters. The van der Waals surface area contributed by atoms with Crippen molar-refractivity contribution in [2.45, 2.75) is 31.7 Å². The van der Waals surface area contributed by atoms with Crippen LogP contribution in [0.1, 0.15) is 31.2 Å². The lowest BCUT2D eigenvalue weighted by Crippen LogP contribution is -2.32. The summed E-state index contributed by atoms with van der Waals surface area (Å²) in [5.41, 5.74) is 0. The van der Waals surface area contributed by atoms with E-state index in [1.165, 1.54) is 4.88 Å². The summed E-state index contributed by atoms with van der Waals surface area (Å²) in [7, 11) is 0. The number of rotatable bonds is 4. The Morgan fingerprint density at radius 3 is 2.86 bits per heavy atom. The maximum Gasteiger partial charge on any atom is 0.238 e. The minimum absolute atomic E-state index is 0.101. The van der Waals surface area contributed by atoms with E-state index in [1.54, 1.807) is 18.3 Å². The van der Waals surface area contributed by atoms with Gasteiger partial charge in [-0.15, -0.1) is 22.9 Å². The molecule has 0 aliphatic heterocycles. The van der Waals surface area contributed by atoms with Crippen LogP contribution in [0.2, 0.25) is 0 Å². The Labute approximate surface area is 93.3 Å². The zero-order valence-corrected chi connectivity index (χ0v) is 9.86. The zero-order valence-electron chi connectivity index (χ0n) is 8.29. The van der Waals surface area contributed by atoms with Crippen molar-refractivity contribution in [3.8, 4) is 0 Å². The molecule has 0 spiro atoms. The molecule has 1 aromatic heterocycles. The van der Waals surface area contributed by atoms with Gasteiger partial charge < -0.3 is 5.32 Å². The third kappa shape index (κ3) is 3.00. The molecule has 2 atom stereocenters. The maximum absolute atomic E-state index is 11.4. The van der Waals surface area contributed by atoms with Crippen molar-refractivity contribution in [1.82, 2.24) is 5.32 Å². The maximum atomic E-state index is 11.4. The molecule has 0 bridgehead atoms. The first-order valence-corrected chi connectivity index (χ1v) is 5.94. The van der Waals surface area contributed by atoms with Gasteiger partial charge in [-0.25, -0.2) is 0 Å². The van der Waals surface area contributed by atoms with E-state index >= 15 is 0 Å². The number of alkyl halides is 1. The van der Waals surface area contributed by atoms with E-state index in [-0.39, 0.29) is 11.9 Å². The molecule has 0 saturated carbocycles. The highest BCUT2D eigenvalue weighted by atomic mass is 35.5. The molecule has 0 aliphatic rings. The number of carbonyl (C=O) groups is 1. The smallest absolute Gasteiger partial charge is 0.238 e. The molecule has 0 radical (unpaired) electrons. The van der Waals surface area contributed by atoms with Crippen LogP contribution in [0, 0.1) is 0 Å². The van der Waals surface area contributed by atoms with Crippen molar-refractivity contribution in [3.63, 3.8) is 0 Å². The second kappa shape index (κ2) is 5.37. The van der Waals surface area contributed by atoms with Gasteiger partial charge in [0.1, 0.15) is 5.38 Å². The van der Waals surface area contributed by atoms with Crippen LogP contribution in [-0.2, 0) is 4.79 Å². The molecule has 1 aromatic rings. The summed E-state index contributed by atoms with van der Waals surface area (Å²) in [5, 5.41) is 4.45. The van der Waals surface area contributed by atoms with E-state index in [0.717, 1.165) is 6.42 Å². The first-order valence-electron chi connectivity index (χ1n) is 4.63. The number of hydrogen-bond donors (Lipinski definition) is 1. The molecule has 14 heavy (non-hydrogen) atoms. The Morgan fingerprint density at radius 2 is 2.43 bits per heavy atom. The van der Waals surface area contributed by atoms with Crippen LogP contribution in [0.15, 0.2) is 17.5 Å². The first-order chi connectivity index (χ1) is 6.65. The van der Waals surface area contributed by atoms with Crippen LogP contribution in [0.5, 0.6) is 0 Å². The average molecular weight is 232 g/mol. The first kappa shape index (κ1) is 11.5. The average Bonchev–Trinajstić information content (AvgIpc) is 2.66. The summed E-state index contributed by atoms with van der Waals surface area (Å²) in [6.45, 7) is 3.72. The van der Waals surface area contributed by atoms with Gasteiger partial charge in [-0.05, 0) is 24.8 Å². The van der Waals surface area contributed by atoms with E-state index in [2.05, 4.69) is 5.32 Å². The van der Waals surface area contributed by atoms with Gasteiger partial charge >= 0.3 is 0 Å². The summed E-state index contributed by atoms with van der Waals surface area (Å²) in [4.78, 5) is 12.5. The number of thiophene rings is 1. The second-order valence-corrected chi connectivity index (χ2v) is 4.73. The number of amides is 1. The standard InChI is InChI=1S/C10H14ClNOS/c1-3-8(9-5-4-6-14-9)12-10(13)7(2)11/h4-8H,3H2,1-2H3,(H,12,13). The van der Waals surface area contributed by atoms with E-state index in [9.17, 15) is 4.79 Å². The van der Waals surface area contributed by atoms with Crippen LogP contribution in [0.4, 0.5) is 0 Å². The molecule has 4 heteroatoms. The monoisotopic (exact) mass is 231 g/mol. The fourth-order valence-electron chi connectivity index (χ4n) is 1.15. The van der Waals surface area contributed by atoms with Crippen molar-refractivity contribution in [3.05, 3.63) is 22.4 Å². The number of nitrogens with one attached hydrogen (secondary N) is 1. The fourth-order valence-corrected chi connectivity index (χ4v) is 2.07. The van der Waals surface area contributed by atoms with E-state index in [4.69, 9.17) is 11.6 Å². The normalized spacial score (nSPS) is 14.8. The van der Waals surface area contributed by atoms with Crippen molar-refractivity contribution in [2.75, 3.05) is 0 Å². The summed E-state index contributed by atoms with van der Waals surface area (Å²) < 4.78 is 0. The molecule has 1 heterocycles. The molecular formula is C10H14ClNOS. The molecule has 0 saturated heterocycles. The lowest BCUT2D eigenvalue weighted by atomic mass is 10.2. The van der Waals surface area contributed by atoms with Gasteiger partial charge in [0.2, 0.25) is 5.91 Å². The minimum atomic E-state index is -0.469. The SMILES string of the molecule is CCC(NC(=O)C(C)Cl)c1cccs1.